The summed E-state index contributed by atoms with van der Waals surface area (Å²) in [5.41, 5.74) is 4.68. The Morgan fingerprint density at radius 3 is 2.52 bits per heavy atom. The molecule has 2 aliphatic rings. The lowest BCUT2D eigenvalue weighted by Crippen LogP contribution is -2.28. The van der Waals surface area contributed by atoms with Gasteiger partial charge in [-0.15, -0.1) is 0 Å². The summed E-state index contributed by atoms with van der Waals surface area (Å²) in [6.07, 6.45) is 4.36. The molecule has 1 aliphatic heterocycles. The molecule has 0 spiro atoms. The average molecular weight is 289 g/mol. The van der Waals surface area contributed by atoms with Crippen molar-refractivity contribution in [3.05, 3.63) is 28.3 Å². The molecule has 0 N–H and O–H groups in total. The first-order valence-electron chi connectivity index (χ1n) is 7.28. The topological polar surface area (TPSA) is 55.8 Å². The van der Waals surface area contributed by atoms with E-state index in [0.717, 1.165) is 48.1 Å². The first kappa shape index (κ1) is 13.9. The molecule has 1 aromatic carbocycles. The van der Waals surface area contributed by atoms with Crippen molar-refractivity contribution in [1.82, 2.24) is 0 Å². The average Bonchev–Trinajstić information content (AvgIpc) is 2.94. The van der Waals surface area contributed by atoms with Crippen LogP contribution in [-0.2, 0) is 28.7 Å². The molecule has 5 heteroatoms. The lowest BCUT2D eigenvalue weighted by atomic mass is 9.85. The number of aryl methyl sites for hydroxylation is 1. The fourth-order valence-electron chi connectivity index (χ4n) is 3.42. The number of rotatable bonds is 1. The van der Waals surface area contributed by atoms with Gasteiger partial charge in [0, 0.05) is 6.54 Å². The van der Waals surface area contributed by atoms with Crippen molar-refractivity contribution in [1.29, 1.82) is 0 Å². The monoisotopic (exact) mass is 289 g/mol. The number of esters is 1. The van der Waals surface area contributed by atoms with Gasteiger partial charge in [0.2, 0.25) is 0 Å². The van der Waals surface area contributed by atoms with E-state index >= 15 is 0 Å². The van der Waals surface area contributed by atoms with Crippen molar-refractivity contribution in [2.45, 2.75) is 32.1 Å². The molecule has 5 nitrogen and oxygen atoms in total. The zero-order valence-electron chi connectivity index (χ0n) is 12.4. The third-order valence-corrected chi connectivity index (χ3v) is 4.39. The van der Waals surface area contributed by atoms with Crippen LogP contribution in [0.2, 0.25) is 0 Å². The van der Waals surface area contributed by atoms with Crippen LogP contribution in [0.4, 0.5) is 10.5 Å². The van der Waals surface area contributed by atoms with E-state index in [9.17, 15) is 9.59 Å². The number of amides is 1. The van der Waals surface area contributed by atoms with E-state index in [-0.39, 0.29) is 12.1 Å². The van der Waals surface area contributed by atoms with Crippen molar-refractivity contribution in [2.75, 3.05) is 25.7 Å². The second kappa shape index (κ2) is 5.39. The van der Waals surface area contributed by atoms with E-state index in [1.54, 1.807) is 4.90 Å². The summed E-state index contributed by atoms with van der Waals surface area (Å²) in [5, 5.41) is 0. The molecule has 21 heavy (non-hydrogen) atoms. The minimum Gasteiger partial charge on any atom is -0.465 e. The minimum atomic E-state index is -0.375. The van der Waals surface area contributed by atoms with Gasteiger partial charge in [0.25, 0.3) is 0 Å². The Balaban J connectivity index is 2.17. The highest BCUT2D eigenvalue weighted by Crippen LogP contribution is 2.38. The summed E-state index contributed by atoms with van der Waals surface area (Å²) in [5.74, 6) is -0.295. The molecule has 0 atom stereocenters. The van der Waals surface area contributed by atoms with E-state index in [0.29, 0.717) is 18.5 Å². The minimum absolute atomic E-state index is 0.295. The van der Waals surface area contributed by atoms with Crippen LogP contribution in [0.1, 0.15) is 39.9 Å². The third kappa shape index (κ3) is 2.17. The summed E-state index contributed by atoms with van der Waals surface area (Å²) < 4.78 is 9.81. The fourth-order valence-corrected chi connectivity index (χ4v) is 3.42. The molecule has 1 amide bonds. The standard InChI is InChI=1S/C16H19NO4/c1-20-15(18)14-11-6-4-3-5-10(11)9-13-12(14)7-8-17(13)16(19)21-2/h9H,3-8H2,1-2H3. The van der Waals surface area contributed by atoms with Gasteiger partial charge in [0.15, 0.2) is 0 Å². The molecule has 0 saturated heterocycles. The van der Waals surface area contributed by atoms with Gasteiger partial charge >= 0.3 is 12.1 Å². The molecular formula is C16H19NO4. The highest BCUT2D eigenvalue weighted by atomic mass is 16.5. The van der Waals surface area contributed by atoms with E-state index in [1.807, 2.05) is 0 Å². The molecule has 0 aromatic heterocycles. The quantitative estimate of drug-likeness (QED) is 0.745. The van der Waals surface area contributed by atoms with Gasteiger partial charge in [-0.1, -0.05) is 0 Å². The fraction of sp³-hybridized carbons (Fsp3) is 0.500. The smallest absolute Gasteiger partial charge is 0.414 e. The van der Waals surface area contributed by atoms with Crippen LogP contribution >= 0.6 is 0 Å². The predicted molar refractivity (Wildman–Crippen MR) is 77.9 cm³/mol. The first-order valence-corrected chi connectivity index (χ1v) is 7.28. The zero-order valence-corrected chi connectivity index (χ0v) is 12.4. The third-order valence-electron chi connectivity index (χ3n) is 4.39. The van der Waals surface area contributed by atoms with Crippen molar-refractivity contribution in [3.63, 3.8) is 0 Å². The van der Waals surface area contributed by atoms with Crippen LogP contribution in [-0.4, -0.2) is 32.8 Å². The highest BCUT2D eigenvalue weighted by molar-refractivity contribution is 5.99. The summed E-state index contributed by atoms with van der Waals surface area (Å²) in [7, 11) is 2.78. The predicted octanol–water partition coefficient (Wildman–Crippen LogP) is 2.48. The van der Waals surface area contributed by atoms with Gasteiger partial charge in [-0.2, -0.15) is 0 Å². The maximum absolute atomic E-state index is 12.2. The second-order valence-electron chi connectivity index (χ2n) is 5.46. The normalized spacial score (nSPS) is 16.2. The zero-order chi connectivity index (χ0) is 15.0. The van der Waals surface area contributed by atoms with E-state index in [2.05, 4.69) is 6.07 Å². The summed E-state index contributed by atoms with van der Waals surface area (Å²) in [6.45, 7) is 0.550. The van der Waals surface area contributed by atoms with Gasteiger partial charge in [-0.3, -0.25) is 4.90 Å². The van der Waals surface area contributed by atoms with Gasteiger partial charge < -0.3 is 9.47 Å². The molecule has 0 radical (unpaired) electrons. The lowest BCUT2D eigenvalue weighted by Gasteiger charge is -2.23. The number of methoxy groups -OCH3 is 2. The van der Waals surface area contributed by atoms with Crippen LogP contribution in [0.3, 0.4) is 0 Å². The van der Waals surface area contributed by atoms with Crippen LogP contribution in [0.25, 0.3) is 0 Å². The Morgan fingerprint density at radius 2 is 1.81 bits per heavy atom. The molecule has 0 unspecified atom stereocenters. The number of ether oxygens (including phenoxy) is 2. The van der Waals surface area contributed by atoms with Crippen LogP contribution in [0, 0.1) is 0 Å². The molecular weight excluding hydrogens is 270 g/mol. The molecule has 1 aliphatic carbocycles. The van der Waals surface area contributed by atoms with Crippen molar-refractivity contribution in [3.8, 4) is 0 Å². The van der Waals surface area contributed by atoms with Crippen molar-refractivity contribution >= 4 is 17.7 Å². The molecule has 112 valence electrons. The molecule has 1 aromatic rings. The van der Waals surface area contributed by atoms with Crippen molar-refractivity contribution in [2.24, 2.45) is 0 Å². The van der Waals surface area contributed by atoms with Crippen LogP contribution in [0.5, 0.6) is 0 Å². The number of carbonyl (C=O) groups excluding carboxylic acids is 2. The number of hydrogen-bond donors (Lipinski definition) is 0. The number of carbonyl (C=O) groups is 2. The largest absolute Gasteiger partial charge is 0.465 e. The first-order chi connectivity index (χ1) is 10.2. The highest BCUT2D eigenvalue weighted by Gasteiger charge is 2.33. The van der Waals surface area contributed by atoms with Crippen LogP contribution < -0.4 is 4.90 Å². The number of anilines is 1. The Bertz CT molecular complexity index is 609. The van der Waals surface area contributed by atoms with E-state index < -0.39 is 0 Å². The maximum atomic E-state index is 12.2. The second-order valence-corrected chi connectivity index (χ2v) is 5.46. The van der Waals surface area contributed by atoms with Gasteiger partial charge in [-0.25, -0.2) is 9.59 Å². The van der Waals surface area contributed by atoms with Gasteiger partial charge in [0.1, 0.15) is 0 Å². The lowest BCUT2D eigenvalue weighted by molar-refractivity contribution is 0.0598. The van der Waals surface area contributed by atoms with E-state index in [1.165, 1.54) is 14.2 Å². The molecule has 1 heterocycles. The Hall–Kier alpha value is -2.04. The Labute approximate surface area is 123 Å². The SMILES string of the molecule is COC(=O)c1c2c(cc3c1CCN3C(=O)OC)CCCC2. The maximum Gasteiger partial charge on any atom is 0.414 e. The number of nitrogens with zero attached hydrogens (tertiary/aromatic N) is 1. The van der Waals surface area contributed by atoms with Crippen LogP contribution in [0.15, 0.2) is 6.07 Å². The Kier molecular flexibility index (Phi) is 3.57. The molecule has 0 bridgehead atoms. The summed E-state index contributed by atoms with van der Waals surface area (Å²) in [6, 6.07) is 2.06. The van der Waals surface area contributed by atoms with Gasteiger partial charge in [0.05, 0.1) is 25.5 Å². The van der Waals surface area contributed by atoms with E-state index in [4.69, 9.17) is 9.47 Å². The van der Waals surface area contributed by atoms with Crippen molar-refractivity contribution < 1.29 is 19.1 Å². The Morgan fingerprint density at radius 1 is 1.05 bits per heavy atom. The van der Waals surface area contributed by atoms with Gasteiger partial charge in [-0.05, 0) is 54.9 Å². The summed E-state index contributed by atoms with van der Waals surface area (Å²) in [4.78, 5) is 25.7. The molecule has 3 rings (SSSR count). The number of benzene rings is 1. The summed E-state index contributed by atoms with van der Waals surface area (Å²) >= 11 is 0. The number of fused-ring (bicyclic) bond motifs is 2. The molecule has 0 saturated carbocycles. The number of hydrogen-bond acceptors (Lipinski definition) is 4. The molecule has 0 fully saturated rings.